The average molecular weight is 433 g/mol. The molecule has 2 aliphatic heterocycles. The number of nitrogens with zero attached hydrogens (tertiary/aromatic N) is 2. The molecular weight excluding hydrogens is 407 g/mol. The zero-order chi connectivity index (χ0) is 21.5. The molecule has 0 unspecified atom stereocenters. The van der Waals surface area contributed by atoms with E-state index in [9.17, 15) is 17.6 Å². The quantitative estimate of drug-likeness (QED) is 0.748. The Morgan fingerprint density at radius 2 is 1.80 bits per heavy atom. The molecule has 160 valence electrons. The number of halogens is 1. The van der Waals surface area contributed by atoms with Crippen LogP contribution in [-0.4, -0.2) is 51.5 Å². The Bertz CT molecular complexity index is 1090. The molecule has 0 atom stereocenters. The summed E-state index contributed by atoms with van der Waals surface area (Å²) in [4.78, 5) is 14.8. The Hall–Kier alpha value is -2.29. The van der Waals surface area contributed by atoms with Gasteiger partial charge in [0.2, 0.25) is 10.0 Å². The van der Waals surface area contributed by atoms with Gasteiger partial charge in [-0.2, -0.15) is 4.31 Å². The molecule has 0 bridgehead atoms. The van der Waals surface area contributed by atoms with Crippen molar-refractivity contribution in [1.29, 1.82) is 0 Å². The van der Waals surface area contributed by atoms with Crippen molar-refractivity contribution in [2.45, 2.75) is 31.6 Å². The number of aryl methyl sites for hydroxylation is 2. The molecule has 0 aliphatic carbocycles. The van der Waals surface area contributed by atoms with Gasteiger partial charge in [-0.05, 0) is 67.6 Å². The number of sulfonamides is 1. The highest BCUT2D eigenvalue weighted by Gasteiger charge is 2.30. The van der Waals surface area contributed by atoms with Crippen molar-refractivity contribution in [1.82, 2.24) is 4.31 Å². The summed E-state index contributed by atoms with van der Waals surface area (Å²) in [7, 11) is -3.82. The van der Waals surface area contributed by atoms with Crippen LogP contribution in [0.4, 0.5) is 10.1 Å². The molecule has 2 aromatic rings. The highest BCUT2D eigenvalue weighted by Crippen LogP contribution is 2.33. The number of carbonyl (C=O) groups is 1. The summed E-state index contributed by atoms with van der Waals surface area (Å²) in [5, 5.41) is 0. The van der Waals surface area contributed by atoms with Crippen molar-refractivity contribution >= 4 is 21.6 Å². The first-order chi connectivity index (χ1) is 14.3. The number of hydrogen-bond acceptors (Lipinski definition) is 4. The number of anilines is 1. The van der Waals surface area contributed by atoms with E-state index in [0.717, 1.165) is 41.3 Å². The van der Waals surface area contributed by atoms with Crippen LogP contribution in [0.15, 0.2) is 35.2 Å². The van der Waals surface area contributed by atoms with E-state index < -0.39 is 21.7 Å². The molecule has 1 fully saturated rings. The van der Waals surface area contributed by atoms with Crippen molar-refractivity contribution in [3.63, 3.8) is 0 Å². The molecule has 0 saturated carbocycles. The fourth-order valence-electron chi connectivity index (χ4n) is 4.20. The summed E-state index contributed by atoms with van der Waals surface area (Å²) in [6.45, 7) is 5.54. The average Bonchev–Trinajstić information content (AvgIpc) is 2.73. The molecule has 30 heavy (non-hydrogen) atoms. The molecule has 0 N–H and O–H groups in total. The van der Waals surface area contributed by atoms with Gasteiger partial charge in [-0.1, -0.05) is 6.07 Å². The normalized spacial score (nSPS) is 17.6. The van der Waals surface area contributed by atoms with Gasteiger partial charge in [0.1, 0.15) is 5.82 Å². The summed E-state index contributed by atoms with van der Waals surface area (Å²) >= 11 is 0. The summed E-state index contributed by atoms with van der Waals surface area (Å²) in [5.41, 5.74) is 3.76. The van der Waals surface area contributed by atoms with Crippen LogP contribution in [0.1, 0.15) is 33.5 Å². The number of carbonyl (C=O) groups excluding carboxylic acids is 1. The fraction of sp³-hybridized carbons (Fsp3) is 0.409. The van der Waals surface area contributed by atoms with E-state index >= 15 is 0 Å². The molecular formula is C22H25FN2O4S. The van der Waals surface area contributed by atoms with E-state index in [1.54, 1.807) is 4.90 Å². The lowest BCUT2D eigenvalue weighted by molar-refractivity contribution is 0.0730. The summed E-state index contributed by atoms with van der Waals surface area (Å²) in [5.74, 6) is -1.24. The maximum Gasteiger partial charge on any atom is 0.261 e. The van der Waals surface area contributed by atoms with Crippen LogP contribution in [0.2, 0.25) is 0 Å². The number of rotatable bonds is 3. The number of ether oxygens (including phenoxy) is 1. The number of amides is 1. The van der Waals surface area contributed by atoms with Crippen molar-refractivity contribution in [3.8, 4) is 0 Å². The zero-order valence-corrected chi connectivity index (χ0v) is 18.0. The lowest BCUT2D eigenvalue weighted by atomic mass is 9.94. The van der Waals surface area contributed by atoms with Gasteiger partial charge in [0.15, 0.2) is 0 Å². The first kappa shape index (κ1) is 21.0. The number of fused-ring (bicyclic) bond motifs is 1. The molecule has 0 spiro atoms. The van der Waals surface area contributed by atoms with Crippen LogP contribution >= 0.6 is 0 Å². The largest absolute Gasteiger partial charge is 0.379 e. The Morgan fingerprint density at radius 1 is 1.07 bits per heavy atom. The minimum Gasteiger partial charge on any atom is -0.379 e. The smallest absolute Gasteiger partial charge is 0.261 e. The third-order valence-electron chi connectivity index (χ3n) is 5.71. The van der Waals surface area contributed by atoms with Gasteiger partial charge in [0.05, 0.1) is 23.7 Å². The van der Waals surface area contributed by atoms with Gasteiger partial charge < -0.3 is 9.64 Å². The third-order valence-corrected chi connectivity index (χ3v) is 7.61. The van der Waals surface area contributed by atoms with Crippen LogP contribution in [-0.2, 0) is 21.2 Å². The Morgan fingerprint density at radius 3 is 2.53 bits per heavy atom. The van der Waals surface area contributed by atoms with Gasteiger partial charge >= 0.3 is 0 Å². The minimum absolute atomic E-state index is 0.0770. The Kier molecular flexibility index (Phi) is 5.65. The predicted octanol–water partition coefficient (Wildman–Crippen LogP) is 3.06. The van der Waals surface area contributed by atoms with Crippen molar-refractivity contribution in [3.05, 3.63) is 58.4 Å². The van der Waals surface area contributed by atoms with E-state index in [4.69, 9.17) is 4.74 Å². The van der Waals surface area contributed by atoms with Gasteiger partial charge in [0.25, 0.3) is 5.91 Å². The maximum atomic E-state index is 14.7. The topological polar surface area (TPSA) is 66.9 Å². The molecule has 1 amide bonds. The second-order valence-electron chi connectivity index (χ2n) is 7.80. The number of benzene rings is 2. The van der Waals surface area contributed by atoms with E-state index in [2.05, 4.69) is 6.07 Å². The highest BCUT2D eigenvalue weighted by atomic mass is 32.2. The maximum absolute atomic E-state index is 14.7. The molecule has 0 aromatic heterocycles. The monoisotopic (exact) mass is 432 g/mol. The van der Waals surface area contributed by atoms with Crippen molar-refractivity contribution in [2.75, 3.05) is 37.7 Å². The molecule has 2 aliphatic rings. The molecule has 0 radical (unpaired) electrons. The minimum atomic E-state index is -3.82. The Balaban J connectivity index is 1.72. The second kappa shape index (κ2) is 8.09. The van der Waals surface area contributed by atoms with Crippen LogP contribution < -0.4 is 4.90 Å². The first-order valence-corrected chi connectivity index (χ1v) is 11.5. The van der Waals surface area contributed by atoms with Crippen molar-refractivity contribution in [2.24, 2.45) is 0 Å². The lowest BCUT2D eigenvalue weighted by Gasteiger charge is -2.31. The first-order valence-electron chi connectivity index (χ1n) is 10.1. The molecule has 2 aromatic carbocycles. The van der Waals surface area contributed by atoms with Gasteiger partial charge in [-0.15, -0.1) is 0 Å². The van der Waals surface area contributed by atoms with Gasteiger partial charge in [-0.3, -0.25) is 4.79 Å². The predicted molar refractivity (Wildman–Crippen MR) is 112 cm³/mol. The van der Waals surface area contributed by atoms with E-state index in [0.29, 0.717) is 19.8 Å². The highest BCUT2D eigenvalue weighted by molar-refractivity contribution is 7.89. The molecule has 4 rings (SSSR count). The standard InChI is InChI=1S/C22H25FN2O4S/c1-15-12-16(2)18-4-3-7-25(21(18)13-15)22(26)19-14-17(5-6-20(19)23)30(27,28)24-8-10-29-11-9-24/h5-6,12-14H,3-4,7-11H2,1-2H3. The second-order valence-corrected chi connectivity index (χ2v) is 9.74. The molecule has 8 heteroatoms. The Labute approximate surface area is 176 Å². The summed E-state index contributed by atoms with van der Waals surface area (Å²) in [6.07, 6.45) is 1.63. The fourth-order valence-corrected chi connectivity index (χ4v) is 5.63. The van der Waals surface area contributed by atoms with Crippen LogP contribution in [0.25, 0.3) is 0 Å². The van der Waals surface area contributed by atoms with E-state index in [1.165, 1.54) is 16.4 Å². The van der Waals surface area contributed by atoms with E-state index in [1.807, 2.05) is 19.9 Å². The molecule has 6 nitrogen and oxygen atoms in total. The number of hydrogen-bond donors (Lipinski definition) is 0. The summed E-state index contributed by atoms with van der Waals surface area (Å²) in [6, 6.07) is 7.45. The summed E-state index contributed by atoms with van der Waals surface area (Å²) < 4.78 is 47.1. The van der Waals surface area contributed by atoms with Crippen LogP contribution in [0, 0.1) is 19.7 Å². The van der Waals surface area contributed by atoms with Crippen molar-refractivity contribution < 1.29 is 22.3 Å². The van der Waals surface area contributed by atoms with Gasteiger partial charge in [-0.25, -0.2) is 12.8 Å². The molecule has 1 saturated heterocycles. The van der Waals surface area contributed by atoms with Crippen LogP contribution in [0.5, 0.6) is 0 Å². The SMILES string of the molecule is Cc1cc(C)c2c(c1)N(C(=O)c1cc(S(=O)(=O)N3CCOCC3)ccc1F)CCC2. The van der Waals surface area contributed by atoms with E-state index in [-0.39, 0.29) is 23.5 Å². The van der Waals surface area contributed by atoms with Crippen LogP contribution in [0.3, 0.4) is 0 Å². The zero-order valence-electron chi connectivity index (χ0n) is 17.2. The molecule has 2 heterocycles. The number of morpholine rings is 1. The van der Waals surface area contributed by atoms with Gasteiger partial charge in [0, 0.05) is 25.3 Å². The lowest BCUT2D eigenvalue weighted by Crippen LogP contribution is -2.41. The third kappa shape index (κ3) is 3.75.